The van der Waals surface area contributed by atoms with E-state index in [2.05, 4.69) is 0 Å². The molecule has 0 bridgehead atoms. The molecule has 0 atom stereocenters. The molecule has 2 rings (SSSR count). The third kappa shape index (κ3) is 2.65. The molecule has 1 heterocycles. The number of aryl methyl sites for hydroxylation is 1. The Balaban J connectivity index is 2.41. The van der Waals surface area contributed by atoms with E-state index in [0.717, 1.165) is 6.08 Å². The number of rotatable bonds is 1. The fraction of sp³-hybridized carbons (Fsp3) is 0.286. The van der Waals surface area contributed by atoms with Crippen LogP contribution in [-0.2, 0) is 19.1 Å². The van der Waals surface area contributed by atoms with Gasteiger partial charge < -0.3 is 9.47 Å². The van der Waals surface area contributed by atoms with E-state index in [1.807, 2.05) is 0 Å². The quantitative estimate of drug-likeness (QED) is 0.444. The van der Waals surface area contributed by atoms with Gasteiger partial charge in [0.25, 0.3) is 5.79 Å². The van der Waals surface area contributed by atoms with Gasteiger partial charge in [0.15, 0.2) is 0 Å². The monoisotopic (exact) mass is 264 g/mol. The van der Waals surface area contributed by atoms with Gasteiger partial charge in [-0.25, -0.2) is 14.0 Å². The van der Waals surface area contributed by atoms with Crippen LogP contribution in [0, 0.1) is 12.7 Å². The third-order valence-corrected chi connectivity index (χ3v) is 2.64. The molecule has 0 radical (unpaired) electrons. The lowest BCUT2D eigenvalue weighted by atomic mass is 10.1. The fourth-order valence-electron chi connectivity index (χ4n) is 1.72. The van der Waals surface area contributed by atoms with Crippen LogP contribution < -0.4 is 0 Å². The molecule has 100 valence electrons. The molecule has 1 fully saturated rings. The van der Waals surface area contributed by atoms with Crippen LogP contribution in [0.5, 0.6) is 0 Å². The summed E-state index contributed by atoms with van der Waals surface area (Å²) in [6.45, 7) is 4.50. The SMILES string of the molecule is Cc1cccc(C=C2C(=O)OC(C)(C)OC2=O)c1F. The second-order valence-electron chi connectivity index (χ2n) is 4.72. The van der Waals surface area contributed by atoms with E-state index in [1.54, 1.807) is 19.1 Å². The summed E-state index contributed by atoms with van der Waals surface area (Å²) < 4.78 is 23.7. The first kappa shape index (κ1) is 13.3. The summed E-state index contributed by atoms with van der Waals surface area (Å²) in [4.78, 5) is 23.4. The minimum atomic E-state index is -1.29. The van der Waals surface area contributed by atoms with Crippen LogP contribution in [0.4, 0.5) is 4.39 Å². The van der Waals surface area contributed by atoms with Crippen LogP contribution in [0.25, 0.3) is 6.08 Å². The minimum Gasteiger partial charge on any atom is -0.419 e. The molecule has 1 aliphatic heterocycles. The molecule has 1 aromatic carbocycles. The van der Waals surface area contributed by atoms with Crippen molar-refractivity contribution in [3.63, 3.8) is 0 Å². The highest BCUT2D eigenvalue weighted by Gasteiger charge is 2.38. The largest absolute Gasteiger partial charge is 0.419 e. The van der Waals surface area contributed by atoms with Crippen molar-refractivity contribution in [1.29, 1.82) is 0 Å². The predicted octanol–water partition coefficient (Wildman–Crippen LogP) is 2.35. The number of esters is 2. The molecule has 0 unspecified atom stereocenters. The van der Waals surface area contributed by atoms with Crippen molar-refractivity contribution >= 4 is 18.0 Å². The molecule has 1 saturated heterocycles. The van der Waals surface area contributed by atoms with Gasteiger partial charge in [-0.1, -0.05) is 18.2 Å². The lowest BCUT2D eigenvalue weighted by molar-refractivity contribution is -0.222. The Morgan fingerprint density at radius 1 is 1.16 bits per heavy atom. The molecule has 4 nitrogen and oxygen atoms in total. The normalized spacial score (nSPS) is 17.8. The molecule has 0 amide bonds. The van der Waals surface area contributed by atoms with E-state index in [4.69, 9.17) is 9.47 Å². The number of hydrogen-bond acceptors (Lipinski definition) is 4. The van der Waals surface area contributed by atoms with Gasteiger partial charge in [0.1, 0.15) is 11.4 Å². The standard InChI is InChI=1S/C14H13FO4/c1-8-5-4-6-9(11(8)15)7-10-12(16)18-14(2,3)19-13(10)17/h4-7H,1-3H3. The van der Waals surface area contributed by atoms with E-state index in [-0.39, 0.29) is 11.1 Å². The van der Waals surface area contributed by atoms with Gasteiger partial charge in [-0.05, 0) is 18.6 Å². The van der Waals surface area contributed by atoms with E-state index in [9.17, 15) is 14.0 Å². The summed E-state index contributed by atoms with van der Waals surface area (Å²) in [7, 11) is 0. The number of cyclic esters (lactones) is 2. The summed E-state index contributed by atoms with van der Waals surface area (Å²) in [6.07, 6.45) is 1.14. The maximum atomic E-state index is 13.8. The van der Waals surface area contributed by atoms with Crippen molar-refractivity contribution in [3.05, 3.63) is 40.7 Å². The van der Waals surface area contributed by atoms with Crippen molar-refractivity contribution in [2.45, 2.75) is 26.6 Å². The Bertz CT molecular complexity index is 565. The van der Waals surface area contributed by atoms with Gasteiger partial charge in [-0.2, -0.15) is 0 Å². The second-order valence-corrected chi connectivity index (χ2v) is 4.72. The third-order valence-electron chi connectivity index (χ3n) is 2.64. The molecule has 5 heteroatoms. The maximum Gasteiger partial charge on any atom is 0.348 e. The first-order valence-corrected chi connectivity index (χ1v) is 5.74. The van der Waals surface area contributed by atoms with E-state index in [1.165, 1.54) is 19.9 Å². The van der Waals surface area contributed by atoms with Crippen LogP contribution in [-0.4, -0.2) is 17.7 Å². The van der Waals surface area contributed by atoms with E-state index in [0.29, 0.717) is 5.56 Å². The molecule has 0 spiro atoms. The number of carbonyl (C=O) groups excluding carboxylic acids is 2. The number of halogens is 1. The zero-order valence-electron chi connectivity index (χ0n) is 10.8. The molecule has 19 heavy (non-hydrogen) atoms. The average molecular weight is 264 g/mol. The summed E-state index contributed by atoms with van der Waals surface area (Å²) >= 11 is 0. The smallest absolute Gasteiger partial charge is 0.348 e. The van der Waals surface area contributed by atoms with Crippen molar-refractivity contribution < 1.29 is 23.5 Å². The first-order valence-electron chi connectivity index (χ1n) is 5.74. The zero-order valence-corrected chi connectivity index (χ0v) is 10.8. The van der Waals surface area contributed by atoms with Crippen LogP contribution in [0.2, 0.25) is 0 Å². The zero-order chi connectivity index (χ0) is 14.2. The van der Waals surface area contributed by atoms with Crippen LogP contribution in [0.15, 0.2) is 23.8 Å². The second kappa shape index (κ2) is 4.50. The lowest BCUT2D eigenvalue weighted by Crippen LogP contribution is -2.41. The Labute approximate surface area is 109 Å². The van der Waals surface area contributed by atoms with Crippen molar-refractivity contribution in [2.75, 3.05) is 0 Å². The molecule has 0 saturated carbocycles. The molecule has 1 aliphatic rings. The van der Waals surface area contributed by atoms with Crippen LogP contribution >= 0.6 is 0 Å². The van der Waals surface area contributed by atoms with Gasteiger partial charge in [-0.3, -0.25) is 0 Å². The molecular weight excluding hydrogens is 251 g/mol. The summed E-state index contributed by atoms with van der Waals surface area (Å²) in [5.41, 5.74) is 0.250. The summed E-state index contributed by atoms with van der Waals surface area (Å²) in [5.74, 6) is -3.42. The van der Waals surface area contributed by atoms with Gasteiger partial charge in [-0.15, -0.1) is 0 Å². The Kier molecular flexibility index (Phi) is 3.14. The molecular formula is C14H13FO4. The minimum absolute atomic E-state index is 0.142. The number of benzene rings is 1. The van der Waals surface area contributed by atoms with Crippen LogP contribution in [0.3, 0.4) is 0 Å². The summed E-state index contributed by atoms with van der Waals surface area (Å²) in [6, 6.07) is 4.70. The fourth-order valence-corrected chi connectivity index (χ4v) is 1.72. The first-order chi connectivity index (χ1) is 8.80. The lowest BCUT2D eigenvalue weighted by Gasteiger charge is -2.29. The molecule has 0 N–H and O–H groups in total. The van der Waals surface area contributed by atoms with Crippen molar-refractivity contribution in [2.24, 2.45) is 0 Å². The van der Waals surface area contributed by atoms with E-state index >= 15 is 0 Å². The number of hydrogen-bond donors (Lipinski definition) is 0. The maximum absolute atomic E-state index is 13.8. The Hall–Kier alpha value is -2.17. The van der Waals surface area contributed by atoms with Gasteiger partial charge in [0.2, 0.25) is 0 Å². The van der Waals surface area contributed by atoms with Crippen molar-refractivity contribution in [1.82, 2.24) is 0 Å². The van der Waals surface area contributed by atoms with Gasteiger partial charge >= 0.3 is 11.9 Å². The highest BCUT2D eigenvalue weighted by atomic mass is 19.1. The molecule has 1 aromatic rings. The van der Waals surface area contributed by atoms with Gasteiger partial charge in [0, 0.05) is 19.4 Å². The van der Waals surface area contributed by atoms with Crippen LogP contribution in [0.1, 0.15) is 25.0 Å². The summed E-state index contributed by atoms with van der Waals surface area (Å²) in [5, 5.41) is 0. The number of ether oxygens (including phenoxy) is 2. The highest BCUT2D eigenvalue weighted by Crippen LogP contribution is 2.25. The van der Waals surface area contributed by atoms with E-state index < -0.39 is 23.5 Å². The topological polar surface area (TPSA) is 52.6 Å². The Morgan fingerprint density at radius 2 is 1.74 bits per heavy atom. The molecule has 0 aromatic heterocycles. The predicted molar refractivity (Wildman–Crippen MR) is 65.4 cm³/mol. The number of carbonyl (C=O) groups is 2. The Morgan fingerprint density at radius 3 is 2.32 bits per heavy atom. The van der Waals surface area contributed by atoms with Gasteiger partial charge in [0.05, 0.1) is 0 Å². The molecule has 0 aliphatic carbocycles. The highest BCUT2D eigenvalue weighted by molar-refractivity contribution is 6.18. The van der Waals surface area contributed by atoms with Crippen molar-refractivity contribution in [3.8, 4) is 0 Å². The average Bonchev–Trinajstić information content (AvgIpc) is 2.27.